The van der Waals surface area contributed by atoms with E-state index < -0.39 is 11.4 Å². The van der Waals surface area contributed by atoms with Crippen LogP contribution >= 0.6 is 0 Å². The van der Waals surface area contributed by atoms with E-state index in [1.165, 1.54) is 0 Å². The molecule has 0 bridgehead atoms. The zero-order valence-corrected chi connectivity index (χ0v) is 10.1. The third kappa shape index (κ3) is 2.05. The summed E-state index contributed by atoms with van der Waals surface area (Å²) in [5.74, 6) is -1.10. The van der Waals surface area contributed by atoms with Crippen molar-refractivity contribution < 1.29 is 14.7 Å². The van der Waals surface area contributed by atoms with Crippen LogP contribution in [-0.2, 0) is 4.79 Å². The van der Waals surface area contributed by atoms with E-state index in [9.17, 15) is 9.59 Å². The fourth-order valence-corrected chi connectivity index (χ4v) is 2.05. The van der Waals surface area contributed by atoms with Crippen LogP contribution in [-0.4, -0.2) is 33.7 Å². The van der Waals surface area contributed by atoms with Crippen molar-refractivity contribution in [2.24, 2.45) is 5.41 Å². The fourth-order valence-electron chi connectivity index (χ4n) is 2.05. The highest BCUT2D eigenvalue weighted by Crippen LogP contribution is 2.45. The summed E-state index contributed by atoms with van der Waals surface area (Å²) in [7, 11) is 0. The Kier molecular flexibility index (Phi) is 2.51. The summed E-state index contributed by atoms with van der Waals surface area (Å²) in [6, 6.07) is 5.21. The van der Waals surface area contributed by atoms with Crippen LogP contribution in [0.5, 0.6) is 0 Å². The van der Waals surface area contributed by atoms with Crippen molar-refractivity contribution in [3.8, 4) is 0 Å². The molecular weight excluding hydrogens is 246 g/mol. The maximum Gasteiger partial charge on any atom is 0.311 e. The molecule has 1 saturated carbocycles. The molecule has 0 atom stereocenters. The number of benzene rings is 1. The van der Waals surface area contributed by atoms with Crippen LogP contribution < -0.4 is 5.32 Å². The number of carbonyl (C=O) groups excluding carboxylic acids is 1. The van der Waals surface area contributed by atoms with Gasteiger partial charge in [0.2, 0.25) is 0 Å². The van der Waals surface area contributed by atoms with Crippen molar-refractivity contribution >= 4 is 22.8 Å². The first-order chi connectivity index (χ1) is 9.11. The standard InChI is InChI=1S/C13H13N3O3/c17-11(14-7-13(3-4-13)12(18)19)8-1-2-9-6-15-16-10(9)5-8/h1-2,5-6H,3-4,7H2,(H,14,17)(H,15,16)(H,18,19). The molecule has 0 radical (unpaired) electrons. The van der Waals surface area contributed by atoms with Crippen molar-refractivity contribution in [2.45, 2.75) is 12.8 Å². The van der Waals surface area contributed by atoms with E-state index in [2.05, 4.69) is 15.5 Å². The van der Waals surface area contributed by atoms with Gasteiger partial charge in [-0.05, 0) is 25.0 Å². The Bertz CT molecular complexity index is 658. The smallest absolute Gasteiger partial charge is 0.311 e. The third-order valence-electron chi connectivity index (χ3n) is 3.60. The van der Waals surface area contributed by atoms with Gasteiger partial charge in [0.1, 0.15) is 0 Å². The van der Waals surface area contributed by atoms with Gasteiger partial charge in [-0.1, -0.05) is 6.07 Å². The van der Waals surface area contributed by atoms with E-state index >= 15 is 0 Å². The second-order valence-corrected chi connectivity index (χ2v) is 4.94. The van der Waals surface area contributed by atoms with Crippen LogP contribution in [0, 0.1) is 5.41 Å². The van der Waals surface area contributed by atoms with E-state index in [0.29, 0.717) is 18.4 Å². The van der Waals surface area contributed by atoms with Crippen LogP contribution in [0.15, 0.2) is 24.4 Å². The number of nitrogens with zero attached hydrogens (tertiary/aromatic N) is 1. The number of rotatable bonds is 4. The van der Waals surface area contributed by atoms with Gasteiger partial charge < -0.3 is 10.4 Å². The highest BCUT2D eigenvalue weighted by atomic mass is 16.4. The number of fused-ring (bicyclic) bond motifs is 1. The Balaban J connectivity index is 1.71. The largest absolute Gasteiger partial charge is 0.481 e. The summed E-state index contributed by atoms with van der Waals surface area (Å²) < 4.78 is 0. The number of H-pyrrole nitrogens is 1. The number of aromatic nitrogens is 2. The van der Waals surface area contributed by atoms with E-state index in [4.69, 9.17) is 5.11 Å². The number of carboxylic acids is 1. The summed E-state index contributed by atoms with van der Waals surface area (Å²) in [6.45, 7) is 0.183. The van der Waals surface area contributed by atoms with Crippen molar-refractivity contribution in [1.82, 2.24) is 15.5 Å². The second kappa shape index (κ2) is 4.08. The van der Waals surface area contributed by atoms with Crippen LogP contribution in [0.2, 0.25) is 0 Å². The first-order valence-corrected chi connectivity index (χ1v) is 6.05. The number of carboxylic acid groups (broad SMARTS) is 1. The van der Waals surface area contributed by atoms with Gasteiger partial charge in [-0.2, -0.15) is 5.10 Å². The first kappa shape index (κ1) is 11.7. The van der Waals surface area contributed by atoms with Crippen molar-refractivity contribution in [1.29, 1.82) is 0 Å². The van der Waals surface area contributed by atoms with Crippen LogP contribution in [0.4, 0.5) is 0 Å². The molecule has 3 rings (SSSR count). The average molecular weight is 259 g/mol. The van der Waals surface area contributed by atoms with E-state index in [-0.39, 0.29) is 12.5 Å². The van der Waals surface area contributed by atoms with Crippen LogP contribution in [0.25, 0.3) is 10.9 Å². The SMILES string of the molecule is O=C(NCC1(C(=O)O)CC1)c1ccc2cn[nH]c2c1. The average Bonchev–Trinajstić information content (AvgIpc) is 3.06. The molecule has 1 heterocycles. The normalized spacial score (nSPS) is 16.2. The minimum absolute atomic E-state index is 0.183. The highest BCUT2D eigenvalue weighted by Gasteiger charge is 2.50. The Morgan fingerprint density at radius 1 is 1.42 bits per heavy atom. The monoisotopic (exact) mass is 259 g/mol. The van der Waals surface area contributed by atoms with E-state index in [1.54, 1.807) is 24.4 Å². The van der Waals surface area contributed by atoms with Gasteiger partial charge in [-0.25, -0.2) is 0 Å². The molecule has 1 amide bonds. The second-order valence-electron chi connectivity index (χ2n) is 4.94. The number of carbonyl (C=O) groups is 2. The minimum Gasteiger partial charge on any atom is -0.481 e. The van der Waals surface area contributed by atoms with E-state index in [1.807, 2.05) is 0 Å². The molecule has 0 aliphatic heterocycles. The summed E-state index contributed by atoms with van der Waals surface area (Å²) in [5.41, 5.74) is 0.540. The van der Waals surface area contributed by atoms with Gasteiger partial charge >= 0.3 is 5.97 Å². The molecule has 1 aromatic heterocycles. The van der Waals surface area contributed by atoms with Crippen LogP contribution in [0.3, 0.4) is 0 Å². The topological polar surface area (TPSA) is 95.1 Å². The Hall–Kier alpha value is -2.37. The third-order valence-corrected chi connectivity index (χ3v) is 3.60. The molecule has 2 aromatic rings. The van der Waals surface area contributed by atoms with Crippen molar-refractivity contribution in [3.63, 3.8) is 0 Å². The molecule has 0 unspecified atom stereocenters. The number of aliphatic carboxylic acids is 1. The van der Waals surface area contributed by atoms with Gasteiger partial charge in [0.25, 0.3) is 5.91 Å². The molecule has 1 fully saturated rings. The lowest BCUT2D eigenvalue weighted by Crippen LogP contribution is -2.34. The van der Waals surface area contributed by atoms with Gasteiger partial charge in [0, 0.05) is 17.5 Å². The highest BCUT2D eigenvalue weighted by molar-refractivity contribution is 5.98. The lowest BCUT2D eigenvalue weighted by molar-refractivity contribution is -0.143. The molecule has 98 valence electrons. The molecule has 1 aliphatic carbocycles. The lowest BCUT2D eigenvalue weighted by atomic mass is 10.1. The van der Waals surface area contributed by atoms with Crippen LogP contribution in [0.1, 0.15) is 23.2 Å². The van der Waals surface area contributed by atoms with Gasteiger partial charge in [0.05, 0.1) is 17.1 Å². The number of nitrogens with one attached hydrogen (secondary N) is 2. The zero-order valence-electron chi connectivity index (χ0n) is 10.1. The van der Waals surface area contributed by atoms with Gasteiger partial charge in [-0.3, -0.25) is 14.7 Å². The summed E-state index contributed by atoms with van der Waals surface area (Å²) in [6.07, 6.45) is 2.94. The zero-order chi connectivity index (χ0) is 13.5. The Morgan fingerprint density at radius 3 is 2.89 bits per heavy atom. The predicted molar refractivity (Wildman–Crippen MR) is 67.7 cm³/mol. The lowest BCUT2D eigenvalue weighted by Gasteiger charge is -2.11. The number of hydrogen-bond donors (Lipinski definition) is 3. The molecule has 19 heavy (non-hydrogen) atoms. The summed E-state index contributed by atoms with van der Waals surface area (Å²) in [4.78, 5) is 23.0. The molecule has 6 heteroatoms. The Labute approximate surface area is 108 Å². The quantitative estimate of drug-likeness (QED) is 0.767. The number of amides is 1. The predicted octanol–water partition coefficient (Wildman–Crippen LogP) is 1.16. The molecule has 1 aromatic carbocycles. The number of aromatic amines is 1. The molecule has 6 nitrogen and oxygen atoms in total. The molecule has 3 N–H and O–H groups in total. The molecule has 0 saturated heterocycles. The molecule has 1 aliphatic rings. The number of hydrogen-bond acceptors (Lipinski definition) is 3. The van der Waals surface area contributed by atoms with Crippen molar-refractivity contribution in [2.75, 3.05) is 6.54 Å². The maximum absolute atomic E-state index is 12.0. The van der Waals surface area contributed by atoms with Crippen molar-refractivity contribution in [3.05, 3.63) is 30.0 Å². The van der Waals surface area contributed by atoms with Gasteiger partial charge in [0.15, 0.2) is 0 Å². The first-order valence-electron chi connectivity index (χ1n) is 6.05. The summed E-state index contributed by atoms with van der Waals surface area (Å²) in [5, 5.41) is 19.3. The fraction of sp³-hybridized carbons (Fsp3) is 0.308. The van der Waals surface area contributed by atoms with E-state index in [0.717, 1.165) is 10.9 Å². The maximum atomic E-state index is 12.0. The minimum atomic E-state index is -0.836. The Morgan fingerprint density at radius 2 is 2.21 bits per heavy atom. The van der Waals surface area contributed by atoms with Gasteiger partial charge in [-0.15, -0.1) is 0 Å². The summed E-state index contributed by atoms with van der Waals surface area (Å²) >= 11 is 0. The molecular formula is C13H13N3O3. The molecule has 0 spiro atoms.